The molecule has 246 valence electrons. The maximum absolute atomic E-state index is 12.9. The van der Waals surface area contributed by atoms with Crippen LogP contribution in [-0.4, -0.2) is 92.7 Å². The zero-order valence-electron chi connectivity index (χ0n) is 25.8. The second-order valence-electron chi connectivity index (χ2n) is 10.3. The van der Waals surface area contributed by atoms with E-state index in [0.717, 1.165) is 22.1 Å². The third-order valence-corrected chi connectivity index (χ3v) is 8.99. The number of para-hydroxylation sites is 1. The van der Waals surface area contributed by atoms with Crippen LogP contribution >= 0.6 is 15.9 Å². The Morgan fingerprint density at radius 1 is 1.02 bits per heavy atom. The molecule has 1 fully saturated rings. The zero-order chi connectivity index (χ0) is 33.8. The van der Waals surface area contributed by atoms with Gasteiger partial charge in [-0.05, 0) is 48.5 Å². The van der Waals surface area contributed by atoms with E-state index in [9.17, 15) is 22.8 Å². The maximum Gasteiger partial charge on any atom is 0.331 e. The molecular weight excluding hydrogens is 690 g/mol. The molecular formula is C33H34BrN5O7S. The summed E-state index contributed by atoms with van der Waals surface area (Å²) in [4.78, 5) is 35.9. The highest BCUT2D eigenvalue weighted by Gasteiger charge is 2.26. The van der Waals surface area contributed by atoms with Gasteiger partial charge >= 0.3 is 5.97 Å². The van der Waals surface area contributed by atoms with Crippen molar-refractivity contribution in [3.05, 3.63) is 101 Å². The van der Waals surface area contributed by atoms with E-state index >= 15 is 0 Å². The Morgan fingerprint density at radius 2 is 1.70 bits per heavy atom. The van der Waals surface area contributed by atoms with Crippen LogP contribution < -0.4 is 5.32 Å². The first-order chi connectivity index (χ1) is 22.6. The fourth-order valence-corrected chi connectivity index (χ4v) is 5.98. The number of sulfonamides is 1. The number of aromatic nitrogens is 2. The molecule has 4 aromatic rings. The molecule has 1 saturated heterocycles. The summed E-state index contributed by atoms with van der Waals surface area (Å²) in [5.74, 6) is -1.33. The lowest BCUT2D eigenvalue weighted by atomic mass is 10.1. The van der Waals surface area contributed by atoms with Gasteiger partial charge in [-0.2, -0.15) is 9.40 Å². The van der Waals surface area contributed by atoms with Gasteiger partial charge in [-0.1, -0.05) is 52.3 Å². The Balaban J connectivity index is 0.000000930. The number of nitrogens with one attached hydrogen (secondary N) is 1. The highest BCUT2D eigenvalue weighted by Crippen LogP contribution is 2.26. The Bertz CT molecular complexity index is 1800. The smallest absolute Gasteiger partial charge is 0.331 e. The van der Waals surface area contributed by atoms with Crippen LogP contribution in [0.15, 0.2) is 101 Å². The number of carbonyl (C=O) groups is 3. The fourth-order valence-electron chi connectivity index (χ4n) is 4.26. The number of anilines is 1. The lowest BCUT2D eigenvalue weighted by molar-refractivity contribution is -0.142. The Morgan fingerprint density at radius 3 is 2.36 bits per heavy atom. The lowest BCUT2D eigenvalue weighted by Gasteiger charge is -2.26. The minimum Gasteiger partial charge on any atom is -0.452 e. The molecule has 1 aromatic heterocycles. The quantitative estimate of drug-likeness (QED) is 0.146. The van der Waals surface area contributed by atoms with Crippen LogP contribution in [-0.2, 0) is 33.9 Å². The van der Waals surface area contributed by atoms with E-state index < -0.39 is 28.5 Å². The summed E-state index contributed by atoms with van der Waals surface area (Å²) in [5.41, 5.74) is 3.34. The summed E-state index contributed by atoms with van der Waals surface area (Å²) in [6.07, 6.45) is 5.38. The summed E-state index contributed by atoms with van der Waals surface area (Å²) < 4.78 is 40.2. The molecule has 0 atom stereocenters. The van der Waals surface area contributed by atoms with E-state index in [1.165, 1.54) is 33.5 Å². The van der Waals surface area contributed by atoms with E-state index in [4.69, 9.17) is 14.6 Å². The van der Waals surface area contributed by atoms with Gasteiger partial charge in [0.2, 0.25) is 16.4 Å². The highest BCUT2D eigenvalue weighted by molar-refractivity contribution is 9.10. The van der Waals surface area contributed by atoms with E-state index in [-0.39, 0.29) is 23.7 Å². The molecule has 1 N–H and O–H groups in total. The van der Waals surface area contributed by atoms with Gasteiger partial charge in [-0.25, -0.2) is 17.9 Å². The second-order valence-corrected chi connectivity index (χ2v) is 13.2. The number of benzene rings is 3. The molecule has 3 aromatic carbocycles. The molecule has 0 spiro atoms. The number of hydrogen-bond acceptors (Lipinski definition) is 8. The minimum absolute atomic E-state index is 0.0553. The first-order valence-corrected chi connectivity index (χ1v) is 16.7. The van der Waals surface area contributed by atoms with E-state index in [1.807, 2.05) is 54.6 Å². The van der Waals surface area contributed by atoms with E-state index in [0.29, 0.717) is 24.5 Å². The molecule has 12 nitrogen and oxygen atoms in total. The molecule has 2 heterocycles. The van der Waals surface area contributed by atoms with Crippen molar-refractivity contribution in [1.29, 1.82) is 0 Å². The number of nitrogens with zero attached hydrogens (tertiary/aromatic N) is 4. The van der Waals surface area contributed by atoms with Gasteiger partial charge in [0.1, 0.15) is 0 Å². The molecule has 1 aliphatic heterocycles. The van der Waals surface area contributed by atoms with Gasteiger partial charge < -0.3 is 19.7 Å². The molecule has 47 heavy (non-hydrogen) atoms. The van der Waals surface area contributed by atoms with Crippen LogP contribution in [0.4, 0.5) is 5.69 Å². The van der Waals surface area contributed by atoms with E-state index in [2.05, 4.69) is 21.2 Å². The summed E-state index contributed by atoms with van der Waals surface area (Å²) in [5, 5.41) is 7.29. The van der Waals surface area contributed by atoms with Crippen LogP contribution in [0.1, 0.15) is 5.56 Å². The summed E-state index contributed by atoms with van der Waals surface area (Å²) in [6, 6.07) is 23.2. The first-order valence-electron chi connectivity index (χ1n) is 14.4. The number of morpholine rings is 1. The van der Waals surface area contributed by atoms with Gasteiger partial charge in [0.15, 0.2) is 6.61 Å². The normalized spacial score (nSPS) is 13.3. The molecule has 0 bridgehead atoms. The number of ether oxygens (including phenoxy) is 2. The Kier molecular flexibility index (Phi) is 12.6. The van der Waals surface area contributed by atoms with Crippen LogP contribution in [0.3, 0.4) is 0 Å². The number of rotatable bonds is 10. The molecule has 1 aliphatic rings. The molecule has 0 radical (unpaired) electrons. The van der Waals surface area contributed by atoms with Crippen molar-refractivity contribution in [3.63, 3.8) is 0 Å². The topological polar surface area (TPSA) is 140 Å². The van der Waals surface area contributed by atoms with Crippen LogP contribution in [0, 0.1) is 0 Å². The van der Waals surface area contributed by atoms with Gasteiger partial charge in [-0.15, -0.1) is 0 Å². The van der Waals surface area contributed by atoms with Crippen molar-refractivity contribution < 1.29 is 32.3 Å². The van der Waals surface area contributed by atoms with Crippen molar-refractivity contribution >= 4 is 56.0 Å². The third kappa shape index (κ3) is 10.2. The van der Waals surface area contributed by atoms with Crippen LogP contribution in [0.5, 0.6) is 0 Å². The van der Waals surface area contributed by atoms with Crippen molar-refractivity contribution in [2.75, 3.05) is 52.3 Å². The SMILES string of the molecule is CN(C)C=O.O=C(COC(=O)/C=C/c1cn(-c2ccccc2)nc1-c1ccc(Br)cc1)Nc1cccc(S(=O)(=O)N2CCOCC2)c1. The van der Waals surface area contributed by atoms with Gasteiger partial charge in [0, 0.05) is 60.7 Å². The molecule has 0 aliphatic carbocycles. The Labute approximate surface area is 281 Å². The standard InChI is InChI=1S/C30H27BrN4O6S.C3H7NO/c31-24-12-9-22(10-13-24)30-23(20-35(33-30)26-6-2-1-3-7-26)11-14-29(37)41-21-28(36)32-25-5-4-8-27(19-25)42(38,39)34-15-17-40-18-16-34;1-4(2)3-5/h1-14,19-20H,15-18,21H2,(H,32,36);3H,1-2H3/b14-11+;. The monoisotopic (exact) mass is 723 g/mol. The minimum atomic E-state index is -3.72. The van der Waals surface area contributed by atoms with Crippen molar-refractivity contribution in [2.45, 2.75) is 4.90 Å². The number of halogens is 1. The Hall–Kier alpha value is -4.63. The molecule has 2 amide bonds. The van der Waals surface area contributed by atoms with Gasteiger partial charge in [0.25, 0.3) is 5.91 Å². The maximum atomic E-state index is 12.9. The highest BCUT2D eigenvalue weighted by atomic mass is 79.9. The average molecular weight is 725 g/mol. The molecule has 0 unspecified atom stereocenters. The van der Waals surface area contributed by atoms with Gasteiger partial charge in [-0.3, -0.25) is 9.59 Å². The first kappa shape index (κ1) is 35.2. The summed E-state index contributed by atoms with van der Waals surface area (Å²) >= 11 is 3.44. The predicted molar refractivity (Wildman–Crippen MR) is 181 cm³/mol. The summed E-state index contributed by atoms with van der Waals surface area (Å²) in [7, 11) is -0.348. The average Bonchev–Trinajstić information content (AvgIpc) is 3.52. The number of amides is 2. The third-order valence-electron chi connectivity index (χ3n) is 6.56. The zero-order valence-corrected chi connectivity index (χ0v) is 28.2. The largest absolute Gasteiger partial charge is 0.452 e. The van der Waals surface area contributed by atoms with Crippen LogP contribution in [0.25, 0.3) is 23.0 Å². The number of hydrogen-bond donors (Lipinski definition) is 1. The summed E-state index contributed by atoms with van der Waals surface area (Å²) in [6.45, 7) is 0.638. The molecule has 5 rings (SSSR count). The van der Waals surface area contributed by atoms with E-state index in [1.54, 1.807) is 37.1 Å². The van der Waals surface area contributed by atoms with Gasteiger partial charge in [0.05, 0.1) is 29.5 Å². The van der Waals surface area contributed by atoms with Crippen molar-refractivity contribution in [1.82, 2.24) is 19.0 Å². The lowest BCUT2D eigenvalue weighted by Crippen LogP contribution is -2.40. The molecule has 14 heteroatoms. The second kappa shape index (κ2) is 16.8. The molecule has 0 saturated carbocycles. The van der Waals surface area contributed by atoms with Crippen molar-refractivity contribution in [2.24, 2.45) is 0 Å². The number of esters is 1. The predicted octanol–water partition coefficient (Wildman–Crippen LogP) is 4.22. The van der Waals surface area contributed by atoms with Crippen molar-refractivity contribution in [3.8, 4) is 16.9 Å². The van der Waals surface area contributed by atoms with Crippen LogP contribution in [0.2, 0.25) is 0 Å². The number of carbonyl (C=O) groups excluding carboxylic acids is 3. The fraction of sp³-hybridized carbons (Fsp3) is 0.212.